The van der Waals surface area contributed by atoms with E-state index in [9.17, 15) is 9.18 Å². The first-order valence-corrected chi connectivity index (χ1v) is 8.81. The van der Waals surface area contributed by atoms with Crippen molar-refractivity contribution < 1.29 is 18.5 Å². The number of rotatable bonds is 2. The molecule has 0 unspecified atom stereocenters. The predicted molar refractivity (Wildman–Crippen MR) is 95.2 cm³/mol. The third-order valence-corrected chi connectivity index (χ3v) is 5.49. The lowest BCUT2D eigenvalue weighted by molar-refractivity contribution is 0.00578. The zero-order chi connectivity index (χ0) is 18.4. The molecule has 2 fully saturated rings. The Morgan fingerprint density at radius 2 is 1.92 bits per heavy atom. The minimum Gasteiger partial charge on any atom is -0.399 e. The Bertz CT molecular complexity index is 664. The largest absolute Gasteiger partial charge is 0.494 e. The summed E-state index contributed by atoms with van der Waals surface area (Å²) in [6.07, 6.45) is 1.74. The molecular formula is C18H26BFN2O3. The van der Waals surface area contributed by atoms with Crippen molar-refractivity contribution >= 4 is 18.5 Å². The first-order valence-electron chi connectivity index (χ1n) is 8.81. The van der Waals surface area contributed by atoms with Gasteiger partial charge in [-0.05, 0) is 58.1 Å². The van der Waals surface area contributed by atoms with E-state index in [2.05, 4.69) is 0 Å². The molecule has 2 N–H and O–H groups in total. The van der Waals surface area contributed by atoms with Crippen LogP contribution in [0.3, 0.4) is 0 Å². The number of benzene rings is 1. The summed E-state index contributed by atoms with van der Waals surface area (Å²) in [7, 11) is -0.646. The van der Waals surface area contributed by atoms with Crippen molar-refractivity contribution in [3.8, 4) is 0 Å². The van der Waals surface area contributed by atoms with E-state index < -0.39 is 24.1 Å². The Morgan fingerprint density at radius 3 is 2.48 bits per heavy atom. The molecule has 0 radical (unpaired) electrons. The molecule has 2 aliphatic rings. The molecule has 2 heterocycles. The molecule has 5 nitrogen and oxygen atoms in total. The Morgan fingerprint density at radius 1 is 1.28 bits per heavy atom. The summed E-state index contributed by atoms with van der Waals surface area (Å²) in [6.45, 7) is 8.87. The zero-order valence-electron chi connectivity index (χ0n) is 15.3. The summed E-state index contributed by atoms with van der Waals surface area (Å²) in [4.78, 5) is 14.2. The van der Waals surface area contributed by atoms with Crippen LogP contribution in [0.2, 0.25) is 0 Å². The third-order valence-electron chi connectivity index (χ3n) is 5.49. The Balaban J connectivity index is 1.79. The van der Waals surface area contributed by atoms with E-state index in [1.165, 1.54) is 12.1 Å². The number of halogens is 1. The van der Waals surface area contributed by atoms with Crippen LogP contribution in [0.1, 0.15) is 50.9 Å². The van der Waals surface area contributed by atoms with Gasteiger partial charge in [-0.15, -0.1) is 0 Å². The maximum absolute atomic E-state index is 14.6. The number of nitrogens with zero attached hydrogens (tertiary/aromatic N) is 1. The molecule has 0 saturated carbocycles. The van der Waals surface area contributed by atoms with E-state index in [4.69, 9.17) is 15.0 Å². The van der Waals surface area contributed by atoms with E-state index in [1.807, 2.05) is 27.7 Å². The average molecular weight is 348 g/mol. The van der Waals surface area contributed by atoms with E-state index in [0.717, 1.165) is 12.8 Å². The van der Waals surface area contributed by atoms with Crippen LogP contribution in [-0.4, -0.2) is 48.3 Å². The number of likely N-dealkylation sites (tertiary alicyclic amines) is 1. The fourth-order valence-electron chi connectivity index (χ4n) is 3.20. The summed E-state index contributed by atoms with van der Waals surface area (Å²) in [6, 6.07) is 4.50. The molecule has 3 rings (SSSR count). The number of piperidine rings is 1. The van der Waals surface area contributed by atoms with Gasteiger partial charge in [-0.3, -0.25) is 4.79 Å². The molecule has 0 bridgehead atoms. The molecule has 1 aromatic carbocycles. The molecule has 0 aliphatic carbocycles. The molecule has 1 amide bonds. The molecule has 0 spiro atoms. The van der Waals surface area contributed by atoms with Gasteiger partial charge in [0.1, 0.15) is 5.82 Å². The van der Waals surface area contributed by atoms with Crippen LogP contribution in [-0.2, 0) is 9.31 Å². The van der Waals surface area contributed by atoms with Gasteiger partial charge >= 0.3 is 7.12 Å². The van der Waals surface area contributed by atoms with Gasteiger partial charge in [-0.2, -0.15) is 0 Å². The molecular weight excluding hydrogens is 322 g/mol. The van der Waals surface area contributed by atoms with Crippen molar-refractivity contribution in [2.45, 2.75) is 57.8 Å². The minimum absolute atomic E-state index is 0.0372. The minimum atomic E-state index is -0.646. The van der Waals surface area contributed by atoms with Gasteiger partial charge in [0, 0.05) is 19.1 Å². The van der Waals surface area contributed by atoms with Crippen LogP contribution < -0.4 is 11.2 Å². The van der Waals surface area contributed by atoms with E-state index in [1.54, 1.807) is 11.0 Å². The normalized spacial score (nSPS) is 25.3. The van der Waals surface area contributed by atoms with E-state index >= 15 is 0 Å². The van der Waals surface area contributed by atoms with Crippen LogP contribution in [0.5, 0.6) is 0 Å². The molecule has 2 saturated heterocycles. The highest BCUT2D eigenvalue weighted by Crippen LogP contribution is 2.36. The average Bonchev–Trinajstić information content (AvgIpc) is 2.75. The van der Waals surface area contributed by atoms with Gasteiger partial charge in [0.15, 0.2) is 0 Å². The second-order valence-electron chi connectivity index (χ2n) is 7.98. The predicted octanol–water partition coefficient (Wildman–Crippen LogP) is 1.69. The number of hydrogen-bond donors (Lipinski definition) is 1. The molecule has 7 heteroatoms. The first-order chi connectivity index (χ1) is 11.6. The molecule has 0 aromatic heterocycles. The van der Waals surface area contributed by atoms with Gasteiger partial charge in [0.25, 0.3) is 5.91 Å². The molecule has 2 aliphatic heterocycles. The highest BCUT2D eigenvalue weighted by molar-refractivity contribution is 6.62. The maximum atomic E-state index is 14.6. The van der Waals surface area contributed by atoms with Gasteiger partial charge in [-0.1, -0.05) is 6.07 Å². The number of carbonyl (C=O) groups excluding carboxylic acids is 1. The lowest BCUT2D eigenvalue weighted by Crippen LogP contribution is -2.46. The van der Waals surface area contributed by atoms with Gasteiger partial charge in [-0.25, -0.2) is 4.39 Å². The van der Waals surface area contributed by atoms with Crippen molar-refractivity contribution in [3.05, 3.63) is 29.6 Å². The zero-order valence-corrected chi connectivity index (χ0v) is 15.3. The van der Waals surface area contributed by atoms with Crippen molar-refractivity contribution in [3.63, 3.8) is 0 Å². The second kappa shape index (κ2) is 6.38. The fraction of sp³-hybridized carbons (Fsp3) is 0.611. The smallest absolute Gasteiger partial charge is 0.399 e. The molecule has 25 heavy (non-hydrogen) atoms. The fourth-order valence-corrected chi connectivity index (χ4v) is 3.20. The molecule has 136 valence electrons. The summed E-state index contributed by atoms with van der Waals surface area (Å²) < 4.78 is 26.5. The molecule has 1 atom stereocenters. The van der Waals surface area contributed by atoms with Gasteiger partial charge < -0.3 is 19.9 Å². The highest BCUT2D eigenvalue weighted by Gasteiger charge is 2.51. The molecule has 1 aromatic rings. The highest BCUT2D eigenvalue weighted by atomic mass is 19.1. The van der Waals surface area contributed by atoms with Crippen molar-refractivity contribution in [1.82, 2.24) is 4.90 Å². The number of amides is 1. The van der Waals surface area contributed by atoms with Crippen LogP contribution in [0.4, 0.5) is 4.39 Å². The topological polar surface area (TPSA) is 64.8 Å². The van der Waals surface area contributed by atoms with Gasteiger partial charge in [0.2, 0.25) is 0 Å². The quantitative estimate of drug-likeness (QED) is 0.826. The Hall–Kier alpha value is -1.44. The van der Waals surface area contributed by atoms with Crippen LogP contribution in [0.15, 0.2) is 18.2 Å². The summed E-state index contributed by atoms with van der Waals surface area (Å²) in [5.41, 5.74) is 5.57. The van der Waals surface area contributed by atoms with Crippen molar-refractivity contribution in [1.29, 1.82) is 0 Å². The SMILES string of the molecule is CC1(C)OB(c2ccc(C(=O)N3CCC[C@@H](N)C3)c(F)c2)OC1(C)C. The lowest BCUT2D eigenvalue weighted by Gasteiger charge is -2.32. The Kier molecular flexibility index (Phi) is 4.68. The van der Waals surface area contributed by atoms with Crippen LogP contribution in [0.25, 0.3) is 0 Å². The second-order valence-corrected chi connectivity index (χ2v) is 7.98. The standard InChI is InChI=1S/C18H26BFN2O3/c1-17(2)18(3,4)25-19(24-17)12-7-8-14(15(20)10-12)16(23)22-9-5-6-13(21)11-22/h7-8,10,13H,5-6,9,11,21H2,1-4H3/t13-/m1/s1. The Labute approximate surface area is 148 Å². The maximum Gasteiger partial charge on any atom is 0.494 e. The summed E-state index contributed by atoms with van der Waals surface area (Å²) >= 11 is 0. The summed E-state index contributed by atoms with van der Waals surface area (Å²) in [5.74, 6) is -0.871. The number of nitrogens with two attached hydrogens (primary N) is 1. The lowest BCUT2D eigenvalue weighted by atomic mass is 9.78. The van der Waals surface area contributed by atoms with Crippen LogP contribution in [0, 0.1) is 5.82 Å². The summed E-state index contributed by atoms with van der Waals surface area (Å²) in [5, 5.41) is 0. The van der Waals surface area contributed by atoms with E-state index in [-0.39, 0.29) is 17.5 Å². The van der Waals surface area contributed by atoms with Gasteiger partial charge in [0.05, 0.1) is 16.8 Å². The monoisotopic (exact) mass is 348 g/mol. The number of hydrogen-bond acceptors (Lipinski definition) is 4. The first kappa shape index (κ1) is 18.4. The van der Waals surface area contributed by atoms with Crippen LogP contribution >= 0.6 is 0 Å². The number of carbonyl (C=O) groups is 1. The van der Waals surface area contributed by atoms with Crippen molar-refractivity contribution in [2.75, 3.05) is 13.1 Å². The van der Waals surface area contributed by atoms with E-state index in [0.29, 0.717) is 18.6 Å². The van der Waals surface area contributed by atoms with Crippen molar-refractivity contribution in [2.24, 2.45) is 5.73 Å². The third kappa shape index (κ3) is 3.45.